The van der Waals surface area contributed by atoms with Crippen molar-refractivity contribution in [1.29, 1.82) is 0 Å². The number of aliphatic carboxylic acids is 1. The van der Waals surface area contributed by atoms with Crippen molar-refractivity contribution in [3.8, 4) is 11.4 Å². The summed E-state index contributed by atoms with van der Waals surface area (Å²) in [7, 11) is 0. The molecule has 3 N–H and O–H groups in total. The third-order valence-corrected chi connectivity index (χ3v) is 12.2. The van der Waals surface area contributed by atoms with Crippen LogP contribution in [-0.4, -0.2) is 106 Å². The predicted molar refractivity (Wildman–Crippen MR) is 293 cm³/mol. The Morgan fingerprint density at radius 3 is 1.47 bits per heavy atom. The molecule has 0 radical (unpaired) electrons. The van der Waals surface area contributed by atoms with Gasteiger partial charge in [-0.2, -0.15) is 9.59 Å². The van der Waals surface area contributed by atoms with Crippen molar-refractivity contribution in [3.63, 3.8) is 0 Å². The van der Waals surface area contributed by atoms with E-state index in [4.69, 9.17) is 52.1 Å². The van der Waals surface area contributed by atoms with Crippen LogP contribution in [0.1, 0.15) is 119 Å². The molecule has 2 aliphatic heterocycles. The number of pyridine rings is 4. The van der Waals surface area contributed by atoms with Crippen LogP contribution in [0.4, 0.5) is 8.78 Å². The van der Waals surface area contributed by atoms with Crippen LogP contribution in [0.3, 0.4) is 0 Å². The maximum Gasteiger partial charge on any atom is 0.373 e. The summed E-state index contributed by atoms with van der Waals surface area (Å²) < 4.78 is 49.4. The number of aryl methyl sites for hydroxylation is 2. The summed E-state index contributed by atoms with van der Waals surface area (Å²) >= 11 is 11.5. The summed E-state index contributed by atoms with van der Waals surface area (Å²) in [5.41, 5.74) is 1.36. The van der Waals surface area contributed by atoms with E-state index in [0.717, 1.165) is 43.4 Å². The standard InChI is InChI=1S/2C16H14ClFN4O2.C12H12O6.2C5H10O.CO2/c2*1-7(2)11-12(8(3)4-5-19-11)22-14-9(15(23)21-16(22)24)6-10(18)13(17)20-14;1-8(13)18-10(11(14)15)7-17-12(16)9-5-3-2-4-6-9;2*1-5-3-2-4-6-5;2-1-3/h2*4-7H,1-3H3,(H,21,23,24);2-6,10H,7H2,1H3,(H,14,15);2*5H,2-4H2,1H3;. The van der Waals surface area contributed by atoms with Gasteiger partial charge in [-0.25, -0.2) is 47.1 Å². The molecule has 0 bridgehead atoms. The number of benzene rings is 1. The lowest BCUT2D eigenvalue weighted by Gasteiger charge is -2.17. The highest BCUT2D eigenvalue weighted by molar-refractivity contribution is 6.30. The molecular formula is C55H60Cl2F2N8O14. The van der Waals surface area contributed by atoms with Crippen LogP contribution in [0.2, 0.25) is 10.3 Å². The SMILES string of the molecule is CC(=O)OC(COC(=O)c1ccccc1)C(=O)O.CC1CCCO1.CC1CCCO1.Cc1ccnc(C(C)C)c1-n1c(=O)[nH]c(=O)c2cc(F)c(Cl)nc21.Cc1ccnc(C(C)C)c1-n1c(=O)[nH]c(=O)c2cc(F)c(Cl)nc21.O=C=O. The average molecular weight is 1170 g/mol. The number of ether oxygens (including phenoxy) is 4. The van der Waals surface area contributed by atoms with Crippen molar-refractivity contribution in [2.45, 2.75) is 118 Å². The molecule has 7 aromatic rings. The second-order valence-corrected chi connectivity index (χ2v) is 19.3. The van der Waals surface area contributed by atoms with Crippen LogP contribution < -0.4 is 22.5 Å². The van der Waals surface area contributed by atoms with Gasteiger partial charge in [0.2, 0.25) is 6.10 Å². The Hall–Kier alpha value is -8.15. The lowest BCUT2D eigenvalue weighted by Crippen LogP contribution is -2.32. The molecule has 0 amide bonds. The summed E-state index contributed by atoms with van der Waals surface area (Å²) in [6.07, 6.45) is 8.20. The van der Waals surface area contributed by atoms with Gasteiger partial charge in [0.25, 0.3) is 11.1 Å². The first-order valence-corrected chi connectivity index (χ1v) is 25.9. The fourth-order valence-electron chi connectivity index (χ4n) is 7.85. The monoisotopic (exact) mass is 1160 g/mol. The molecule has 22 nitrogen and oxygen atoms in total. The van der Waals surface area contributed by atoms with E-state index < -0.39 is 75.1 Å². The number of aromatic amines is 2. The third kappa shape index (κ3) is 18.2. The van der Waals surface area contributed by atoms with E-state index in [-0.39, 0.29) is 40.1 Å². The first-order chi connectivity index (χ1) is 38.3. The second-order valence-electron chi connectivity index (χ2n) is 18.6. The number of hydrogen-bond acceptors (Lipinski definition) is 17. The summed E-state index contributed by atoms with van der Waals surface area (Å²) in [4.78, 5) is 119. The molecule has 9 rings (SSSR count). The van der Waals surface area contributed by atoms with Crippen molar-refractivity contribution in [3.05, 3.63) is 159 Å². The topological polar surface area (TPSA) is 304 Å². The highest BCUT2D eigenvalue weighted by Gasteiger charge is 2.24. The highest BCUT2D eigenvalue weighted by atomic mass is 35.5. The maximum atomic E-state index is 13.7. The van der Waals surface area contributed by atoms with Crippen molar-refractivity contribution >= 4 is 69.3 Å². The zero-order valence-corrected chi connectivity index (χ0v) is 47.1. The van der Waals surface area contributed by atoms with Gasteiger partial charge in [0.1, 0.15) is 6.61 Å². The van der Waals surface area contributed by atoms with Crippen LogP contribution in [-0.2, 0) is 38.1 Å². The van der Waals surface area contributed by atoms with Crippen molar-refractivity contribution in [1.82, 2.24) is 39.0 Å². The fraction of sp³-hybridized carbons (Fsp3) is 0.382. The zero-order valence-electron chi connectivity index (χ0n) is 45.6. The van der Waals surface area contributed by atoms with Crippen LogP contribution >= 0.6 is 23.2 Å². The lowest BCUT2D eigenvalue weighted by atomic mass is 10.0. The molecule has 2 aliphatic rings. The molecule has 0 spiro atoms. The highest BCUT2D eigenvalue weighted by Crippen LogP contribution is 2.28. The minimum absolute atomic E-state index is 0.00634. The van der Waals surface area contributed by atoms with E-state index in [1.807, 2.05) is 41.5 Å². The Morgan fingerprint density at radius 2 is 1.15 bits per heavy atom. The number of carbonyl (C=O) groups is 3. The number of carboxylic acid groups (broad SMARTS) is 1. The molecule has 0 saturated carbocycles. The van der Waals surface area contributed by atoms with Crippen LogP contribution in [0.25, 0.3) is 33.4 Å². The number of esters is 2. The molecule has 432 valence electrons. The molecule has 26 heteroatoms. The fourth-order valence-corrected chi connectivity index (χ4v) is 8.12. The zero-order chi connectivity index (χ0) is 60.2. The average Bonchev–Trinajstić information content (AvgIpc) is 4.19. The largest absolute Gasteiger partial charge is 0.478 e. The van der Waals surface area contributed by atoms with E-state index in [1.165, 1.54) is 47.0 Å². The Morgan fingerprint density at radius 1 is 0.741 bits per heavy atom. The van der Waals surface area contributed by atoms with Gasteiger partial charge < -0.3 is 24.1 Å². The molecule has 3 unspecified atom stereocenters. The number of nitrogens with zero attached hydrogens (tertiary/aromatic N) is 6. The number of aromatic nitrogens is 8. The Bertz CT molecular complexity index is 3430. The summed E-state index contributed by atoms with van der Waals surface area (Å²) in [5, 5.41) is 7.80. The molecule has 0 aliphatic carbocycles. The molecule has 1 aromatic carbocycles. The number of rotatable bonds is 9. The van der Waals surface area contributed by atoms with E-state index >= 15 is 0 Å². The van der Waals surface area contributed by atoms with Crippen LogP contribution in [0.15, 0.2) is 86.2 Å². The van der Waals surface area contributed by atoms with Crippen molar-refractivity contribution in [2.75, 3.05) is 19.8 Å². The lowest BCUT2D eigenvalue weighted by molar-refractivity contribution is -0.191. The first-order valence-electron chi connectivity index (χ1n) is 25.1. The van der Waals surface area contributed by atoms with Gasteiger partial charge in [0.15, 0.2) is 33.2 Å². The van der Waals surface area contributed by atoms with Gasteiger partial charge in [-0.3, -0.25) is 34.3 Å². The minimum atomic E-state index is -1.49. The number of fused-ring (bicyclic) bond motifs is 2. The second kappa shape index (κ2) is 31.0. The van der Waals surface area contributed by atoms with Crippen molar-refractivity contribution < 1.29 is 56.8 Å². The van der Waals surface area contributed by atoms with E-state index in [1.54, 1.807) is 42.7 Å². The molecule has 81 heavy (non-hydrogen) atoms. The normalized spacial score (nSPS) is 14.5. The predicted octanol–water partition coefficient (Wildman–Crippen LogP) is 8.03. The molecular weight excluding hydrogens is 1110 g/mol. The summed E-state index contributed by atoms with van der Waals surface area (Å²) in [6, 6.07) is 13.5. The molecule has 3 atom stereocenters. The molecule has 8 heterocycles. The van der Waals surface area contributed by atoms with Gasteiger partial charge in [-0.1, -0.05) is 69.1 Å². The number of carboxylic acids is 1. The Kier molecular flexibility index (Phi) is 25.0. The number of halogens is 4. The van der Waals surface area contributed by atoms with Gasteiger partial charge in [-0.15, -0.1) is 0 Å². The quantitative estimate of drug-likeness (QED) is 0.0909. The Balaban J connectivity index is 0.000000232. The number of nitrogens with one attached hydrogen (secondary N) is 2. The third-order valence-electron chi connectivity index (χ3n) is 11.7. The van der Waals surface area contributed by atoms with E-state index in [0.29, 0.717) is 40.5 Å². The number of hydrogen-bond donors (Lipinski definition) is 3. The number of carbonyl (C=O) groups excluding carboxylic acids is 4. The van der Waals surface area contributed by atoms with Crippen LogP contribution in [0, 0.1) is 25.5 Å². The van der Waals surface area contributed by atoms with Gasteiger partial charge in [-0.05, 0) is 113 Å². The van der Waals surface area contributed by atoms with Crippen LogP contribution in [0.5, 0.6) is 0 Å². The molecule has 2 saturated heterocycles. The Labute approximate surface area is 471 Å². The van der Waals surface area contributed by atoms with E-state index in [9.17, 15) is 42.3 Å². The van der Waals surface area contributed by atoms with Gasteiger partial charge >= 0.3 is 35.4 Å². The van der Waals surface area contributed by atoms with Gasteiger partial charge in [0, 0.05) is 32.5 Å². The molecule has 6 aromatic heterocycles. The minimum Gasteiger partial charge on any atom is -0.478 e. The number of H-pyrrole nitrogens is 2. The summed E-state index contributed by atoms with van der Waals surface area (Å²) in [6.45, 7) is 18.1. The maximum absolute atomic E-state index is 13.7. The smallest absolute Gasteiger partial charge is 0.373 e. The van der Waals surface area contributed by atoms with Gasteiger partial charge in [0.05, 0.1) is 51.3 Å². The van der Waals surface area contributed by atoms with E-state index in [2.05, 4.69) is 48.5 Å². The van der Waals surface area contributed by atoms with Crippen molar-refractivity contribution in [2.24, 2.45) is 0 Å². The summed E-state index contributed by atoms with van der Waals surface area (Å²) in [5.74, 6) is -4.41. The molecule has 2 fully saturated rings. The first kappa shape index (κ1) is 65.4.